The molecule has 0 fully saturated rings. The lowest BCUT2D eigenvalue weighted by molar-refractivity contribution is 0.307. The normalized spacial score (nSPS) is 12.2. The number of nitrogens with two attached hydrogens (primary N) is 1. The zero-order valence-corrected chi connectivity index (χ0v) is 11.9. The largest absolute Gasteiger partial charge is 0.476 e. The van der Waals surface area contributed by atoms with E-state index in [2.05, 4.69) is 30.7 Å². The Hall–Kier alpha value is -1.45. The first-order valence-electron chi connectivity index (χ1n) is 6.68. The van der Waals surface area contributed by atoms with Crippen LogP contribution in [0.15, 0.2) is 12.1 Å². The van der Waals surface area contributed by atoms with Crippen LogP contribution in [0.1, 0.15) is 33.6 Å². The fraction of sp³-hybridized carbons (Fsp3) is 0.643. The van der Waals surface area contributed by atoms with E-state index in [4.69, 9.17) is 10.5 Å². The van der Waals surface area contributed by atoms with Crippen LogP contribution in [0.25, 0.3) is 0 Å². The van der Waals surface area contributed by atoms with Crippen molar-refractivity contribution in [2.75, 3.05) is 30.8 Å². The first-order chi connectivity index (χ1) is 8.58. The number of hydrogen-bond donors (Lipinski definition) is 1. The van der Waals surface area contributed by atoms with Crippen molar-refractivity contribution in [1.82, 2.24) is 4.98 Å². The summed E-state index contributed by atoms with van der Waals surface area (Å²) in [6.07, 6.45) is 2.12. The van der Waals surface area contributed by atoms with Crippen LogP contribution in [0.2, 0.25) is 0 Å². The highest BCUT2D eigenvalue weighted by atomic mass is 16.5. The molecular weight excluding hydrogens is 226 g/mol. The van der Waals surface area contributed by atoms with Gasteiger partial charge in [-0.1, -0.05) is 27.2 Å². The van der Waals surface area contributed by atoms with Crippen LogP contribution in [0.4, 0.5) is 11.5 Å². The summed E-state index contributed by atoms with van der Waals surface area (Å²) in [7, 11) is 2.05. The summed E-state index contributed by atoms with van der Waals surface area (Å²) in [6, 6.07) is 3.80. The Morgan fingerprint density at radius 3 is 2.72 bits per heavy atom. The minimum Gasteiger partial charge on any atom is -0.476 e. The lowest BCUT2D eigenvalue weighted by Crippen LogP contribution is -2.24. The predicted molar refractivity (Wildman–Crippen MR) is 77.2 cm³/mol. The van der Waals surface area contributed by atoms with Gasteiger partial charge in [0.1, 0.15) is 5.82 Å². The quantitative estimate of drug-likeness (QED) is 0.809. The number of hydrogen-bond acceptors (Lipinski definition) is 4. The summed E-state index contributed by atoms with van der Waals surface area (Å²) in [6.45, 7) is 8.14. The van der Waals surface area contributed by atoms with E-state index in [1.807, 2.05) is 19.2 Å². The molecule has 1 unspecified atom stereocenters. The lowest BCUT2D eigenvalue weighted by atomic mass is 10.1. The molecule has 0 aliphatic carbocycles. The van der Waals surface area contributed by atoms with Gasteiger partial charge in [0.2, 0.25) is 5.88 Å². The van der Waals surface area contributed by atoms with Gasteiger partial charge in [-0.05, 0) is 24.5 Å². The van der Waals surface area contributed by atoms with E-state index in [0.717, 1.165) is 18.8 Å². The highest BCUT2D eigenvalue weighted by molar-refractivity contribution is 5.54. The van der Waals surface area contributed by atoms with Crippen LogP contribution in [-0.4, -0.2) is 25.2 Å². The molecule has 1 aromatic heterocycles. The summed E-state index contributed by atoms with van der Waals surface area (Å²) in [5, 5.41) is 0. The number of rotatable bonds is 7. The molecule has 0 bridgehead atoms. The van der Waals surface area contributed by atoms with Gasteiger partial charge in [-0.3, -0.25) is 0 Å². The van der Waals surface area contributed by atoms with Crippen LogP contribution in [0.3, 0.4) is 0 Å². The molecule has 102 valence electrons. The Morgan fingerprint density at radius 2 is 2.11 bits per heavy atom. The van der Waals surface area contributed by atoms with Gasteiger partial charge in [0.15, 0.2) is 0 Å². The van der Waals surface area contributed by atoms with Gasteiger partial charge in [0.05, 0.1) is 12.3 Å². The van der Waals surface area contributed by atoms with Gasteiger partial charge in [0.25, 0.3) is 0 Å². The number of ether oxygens (including phenoxy) is 1. The monoisotopic (exact) mass is 251 g/mol. The zero-order chi connectivity index (χ0) is 13.5. The predicted octanol–water partition coefficient (Wildman–Crippen LogP) is 2.93. The summed E-state index contributed by atoms with van der Waals surface area (Å²) < 4.78 is 5.55. The van der Waals surface area contributed by atoms with E-state index < -0.39 is 0 Å². The molecule has 0 spiro atoms. The smallest absolute Gasteiger partial charge is 0.239 e. The molecule has 0 amide bonds. The maximum atomic E-state index is 5.85. The molecule has 1 aromatic rings. The second kappa shape index (κ2) is 7.09. The van der Waals surface area contributed by atoms with Gasteiger partial charge in [-0.2, -0.15) is 4.98 Å². The molecule has 1 rings (SSSR count). The van der Waals surface area contributed by atoms with Crippen molar-refractivity contribution in [2.24, 2.45) is 5.92 Å². The SMILES string of the molecule is CCCOc1nc(N(C)CC(C)CC)ccc1N. The Labute approximate surface area is 110 Å². The van der Waals surface area contributed by atoms with Crippen LogP contribution in [0.5, 0.6) is 5.88 Å². The Kier molecular flexibility index (Phi) is 5.75. The standard InChI is InChI=1S/C14H25N3O/c1-5-9-18-14-12(15)7-8-13(16-14)17(4)10-11(3)6-2/h7-8,11H,5-6,9-10,15H2,1-4H3. The minimum absolute atomic E-state index is 0.547. The van der Waals surface area contributed by atoms with E-state index in [1.54, 1.807) is 0 Å². The second-order valence-electron chi connectivity index (χ2n) is 4.81. The second-order valence-corrected chi connectivity index (χ2v) is 4.81. The molecule has 0 saturated heterocycles. The number of anilines is 2. The van der Waals surface area contributed by atoms with Crippen molar-refractivity contribution in [3.8, 4) is 5.88 Å². The van der Waals surface area contributed by atoms with Crippen molar-refractivity contribution in [3.63, 3.8) is 0 Å². The van der Waals surface area contributed by atoms with E-state index in [0.29, 0.717) is 24.1 Å². The fourth-order valence-electron chi connectivity index (χ4n) is 1.66. The molecule has 0 saturated carbocycles. The highest BCUT2D eigenvalue weighted by Gasteiger charge is 2.10. The molecule has 0 radical (unpaired) electrons. The molecule has 0 aliphatic heterocycles. The molecule has 0 aromatic carbocycles. The van der Waals surface area contributed by atoms with Gasteiger partial charge in [0, 0.05) is 13.6 Å². The Morgan fingerprint density at radius 1 is 1.39 bits per heavy atom. The number of nitrogen functional groups attached to an aromatic ring is 1. The Bertz CT molecular complexity index is 368. The van der Waals surface area contributed by atoms with Crippen molar-refractivity contribution in [3.05, 3.63) is 12.1 Å². The lowest BCUT2D eigenvalue weighted by Gasteiger charge is -2.22. The van der Waals surface area contributed by atoms with Crippen molar-refractivity contribution >= 4 is 11.5 Å². The number of aromatic nitrogens is 1. The van der Waals surface area contributed by atoms with Crippen LogP contribution >= 0.6 is 0 Å². The molecule has 4 nitrogen and oxygen atoms in total. The summed E-state index contributed by atoms with van der Waals surface area (Å²) in [5.74, 6) is 2.11. The van der Waals surface area contributed by atoms with E-state index in [1.165, 1.54) is 6.42 Å². The van der Waals surface area contributed by atoms with Crippen LogP contribution in [0, 0.1) is 5.92 Å². The molecule has 0 aliphatic rings. The number of pyridine rings is 1. The highest BCUT2D eigenvalue weighted by Crippen LogP contribution is 2.23. The third-order valence-corrected chi connectivity index (χ3v) is 2.99. The molecule has 2 N–H and O–H groups in total. The van der Waals surface area contributed by atoms with E-state index in [-0.39, 0.29) is 0 Å². The van der Waals surface area contributed by atoms with Gasteiger partial charge in [-0.25, -0.2) is 0 Å². The fourth-order valence-corrected chi connectivity index (χ4v) is 1.66. The van der Waals surface area contributed by atoms with Gasteiger partial charge < -0.3 is 15.4 Å². The van der Waals surface area contributed by atoms with Crippen LogP contribution < -0.4 is 15.4 Å². The maximum Gasteiger partial charge on any atom is 0.239 e. The van der Waals surface area contributed by atoms with Crippen molar-refractivity contribution in [2.45, 2.75) is 33.6 Å². The molecule has 4 heteroatoms. The van der Waals surface area contributed by atoms with Gasteiger partial charge in [-0.15, -0.1) is 0 Å². The topological polar surface area (TPSA) is 51.4 Å². The van der Waals surface area contributed by atoms with Crippen LogP contribution in [-0.2, 0) is 0 Å². The molecule has 1 atom stereocenters. The zero-order valence-electron chi connectivity index (χ0n) is 11.9. The number of nitrogens with zero attached hydrogens (tertiary/aromatic N) is 2. The molecule has 1 heterocycles. The first kappa shape index (κ1) is 14.6. The Balaban J connectivity index is 2.76. The van der Waals surface area contributed by atoms with Gasteiger partial charge >= 0.3 is 0 Å². The minimum atomic E-state index is 0.547. The average Bonchev–Trinajstić information content (AvgIpc) is 2.37. The summed E-state index contributed by atoms with van der Waals surface area (Å²) >= 11 is 0. The molecule has 18 heavy (non-hydrogen) atoms. The third kappa shape index (κ3) is 4.09. The maximum absolute atomic E-state index is 5.85. The molecular formula is C14H25N3O. The van der Waals surface area contributed by atoms with Crippen molar-refractivity contribution < 1.29 is 4.74 Å². The summed E-state index contributed by atoms with van der Waals surface area (Å²) in [5.41, 5.74) is 6.45. The van der Waals surface area contributed by atoms with E-state index in [9.17, 15) is 0 Å². The van der Waals surface area contributed by atoms with E-state index >= 15 is 0 Å². The third-order valence-electron chi connectivity index (χ3n) is 2.99. The van der Waals surface area contributed by atoms with Crippen molar-refractivity contribution in [1.29, 1.82) is 0 Å². The average molecular weight is 251 g/mol. The first-order valence-corrected chi connectivity index (χ1v) is 6.68. The summed E-state index contributed by atoms with van der Waals surface area (Å²) in [4.78, 5) is 6.62.